The van der Waals surface area contributed by atoms with Crippen molar-refractivity contribution in [2.75, 3.05) is 19.8 Å². The van der Waals surface area contributed by atoms with Crippen LogP contribution in [0.3, 0.4) is 0 Å². The number of aliphatic hydroxyl groups is 8. The van der Waals surface area contributed by atoms with E-state index in [1.165, 1.54) is 193 Å². The van der Waals surface area contributed by atoms with Crippen LogP contribution in [0.4, 0.5) is 0 Å². The molecule has 0 aromatic carbocycles. The summed E-state index contributed by atoms with van der Waals surface area (Å²) in [5.41, 5.74) is 0. The highest BCUT2D eigenvalue weighted by Crippen LogP contribution is 2.30. The van der Waals surface area contributed by atoms with Gasteiger partial charge in [0.15, 0.2) is 12.6 Å². The molecule has 87 heavy (non-hydrogen) atoms. The number of carbonyl (C=O) groups excluding carboxylic acids is 1. The minimum atomic E-state index is -1.78. The van der Waals surface area contributed by atoms with E-state index >= 15 is 0 Å². The van der Waals surface area contributed by atoms with Gasteiger partial charge in [0.25, 0.3) is 0 Å². The molecular weight excluding hydrogens is 1100 g/mol. The van der Waals surface area contributed by atoms with E-state index in [-0.39, 0.29) is 12.5 Å². The average Bonchev–Trinajstić information content (AvgIpc) is 2.31. The van der Waals surface area contributed by atoms with Gasteiger partial charge in [-0.15, -0.1) is 0 Å². The topological polar surface area (TPSA) is 228 Å². The fourth-order valence-corrected chi connectivity index (χ4v) is 11.8. The molecule has 2 rings (SSSR count). The largest absolute Gasteiger partial charge is 0.394 e. The lowest BCUT2D eigenvalue weighted by Gasteiger charge is -2.46. The van der Waals surface area contributed by atoms with Crippen molar-refractivity contribution in [1.82, 2.24) is 5.32 Å². The number of nitrogens with one attached hydrogen (secondary N) is 1. The van der Waals surface area contributed by atoms with Crippen LogP contribution in [0.15, 0.2) is 60.8 Å². The number of hydrogen-bond donors (Lipinski definition) is 9. The Labute approximate surface area is 530 Å². The maximum Gasteiger partial charge on any atom is 0.220 e. The summed E-state index contributed by atoms with van der Waals surface area (Å²) in [5, 5.41) is 87.4. The zero-order chi connectivity index (χ0) is 63.1. The third-order valence-corrected chi connectivity index (χ3v) is 17.5. The van der Waals surface area contributed by atoms with Gasteiger partial charge in [0, 0.05) is 6.42 Å². The van der Waals surface area contributed by atoms with E-state index in [1.807, 2.05) is 0 Å². The molecule has 9 N–H and O–H groups in total. The second kappa shape index (κ2) is 57.6. The van der Waals surface area contributed by atoms with Crippen molar-refractivity contribution in [1.29, 1.82) is 0 Å². The van der Waals surface area contributed by atoms with E-state index < -0.39 is 86.8 Å². The number of ether oxygens (including phenoxy) is 4. The zero-order valence-corrected chi connectivity index (χ0v) is 55.3. The molecule has 0 aromatic rings. The smallest absolute Gasteiger partial charge is 0.220 e. The molecule has 508 valence electrons. The van der Waals surface area contributed by atoms with Gasteiger partial charge in [-0.2, -0.15) is 0 Å². The fourth-order valence-electron chi connectivity index (χ4n) is 11.8. The van der Waals surface area contributed by atoms with Gasteiger partial charge in [0.1, 0.15) is 48.8 Å². The Bertz CT molecular complexity index is 1690. The Morgan fingerprint density at radius 1 is 0.425 bits per heavy atom. The van der Waals surface area contributed by atoms with Crippen molar-refractivity contribution >= 4 is 5.91 Å². The quantitative estimate of drug-likeness (QED) is 0.0204. The second-order valence-electron chi connectivity index (χ2n) is 25.3. The molecular formula is C73H133NO13. The molecule has 2 aliphatic rings. The summed E-state index contributed by atoms with van der Waals surface area (Å²) >= 11 is 0. The number of allylic oxidation sites excluding steroid dienone is 10. The standard InChI is InChI=1S/C73H133NO13/c1-3-5-7-9-11-13-15-17-18-19-20-21-22-23-24-25-26-27-28-29-30-31-32-33-34-35-36-37-38-39-40-41-42-43-44-45-47-49-51-53-55-57-65(78)74-61(62(77)56-54-52-50-48-46-16-14-12-10-8-6-4-2)60-84-72-70(83)68(81)71(64(59-76)86-72)87-73-69(82)67(80)66(79)63(58-75)85-73/h5,7,11,13,17-18,20-21,23-24,61-64,66-73,75-77,79-83H,3-4,6,8-10,12,14-16,19,22,25-60H2,1-2H3,(H,74,78)/b7-5-,13-11-,18-17-,21-20-,24-23-. The molecule has 1 amide bonds. The summed E-state index contributed by atoms with van der Waals surface area (Å²) in [5.74, 6) is -0.203. The molecule has 14 nitrogen and oxygen atoms in total. The average molecular weight is 1230 g/mol. The van der Waals surface area contributed by atoms with E-state index in [0.717, 1.165) is 83.5 Å². The minimum Gasteiger partial charge on any atom is -0.394 e. The molecule has 12 atom stereocenters. The number of carbonyl (C=O) groups is 1. The van der Waals surface area contributed by atoms with Crippen LogP contribution in [0.5, 0.6) is 0 Å². The molecule has 0 aromatic heterocycles. The second-order valence-corrected chi connectivity index (χ2v) is 25.3. The number of amides is 1. The maximum absolute atomic E-state index is 13.3. The molecule has 0 spiro atoms. The van der Waals surface area contributed by atoms with E-state index in [1.54, 1.807) is 0 Å². The van der Waals surface area contributed by atoms with Crippen LogP contribution in [-0.2, 0) is 23.7 Å². The monoisotopic (exact) mass is 1230 g/mol. The van der Waals surface area contributed by atoms with Crippen LogP contribution in [0.1, 0.15) is 303 Å². The highest BCUT2D eigenvalue weighted by molar-refractivity contribution is 5.76. The Morgan fingerprint density at radius 3 is 1.22 bits per heavy atom. The summed E-state index contributed by atoms with van der Waals surface area (Å²) < 4.78 is 22.9. The Kier molecular flexibility index (Phi) is 53.5. The first kappa shape index (κ1) is 80.8. The van der Waals surface area contributed by atoms with Crippen LogP contribution in [0.25, 0.3) is 0 Å². The van der Waals surface area contributed by atoms with E-state index in [2.05, 4.69) is 79.9 Å². The Balaban J connectivity index is 1.52. The van der Waals surface area contributed by atoms with Crippen LogP contribution >= 0.6 is 0 Å². The molecule has 0 aliphatic carbocycles. The molecule has 12 unspecified atom stereocenters. The van der Waals surface area contributed by atoms with E-state index in [9.17, 15) is 45.6 Å². The summed E-state index contributed by atoms with van der Waals surface area (Å²) in [6, 6.07) is -0.827. The summed E-state index contributed by atoms with van der Waals surface area (Å²) in [7, 11) is 0. The van der Waals surface area contributed by atoms with Gasteiger partial charge in [-0.05, 0) is 57.8 Å². The van der Waals surface area contributed by atoms with Gasteiger partial charge >= 0.3 is 0 Å². The van der Waals surface area contributed by atoms with Crippen LogP contribution in [0, 0.1) is 0 Å². The lowest BCUT2D eigenvalue weighted by Crippen LogP contribution is -2.65. The first-order chi connectivity index (χ1) is 42.6. The van der Waals surface area contributed by atoms with Crippen LogP contribution in [0.2, 0.25) is 0 Å². The highest BCUT2D eigenvalue weighted by Gasteiger charge is 2.51. The first-order valence-electron chi connectivity index (χ1n) is 36.0. The van der Waals surface area contributed by atoms with Gasteiger partial charge in [0.05, 0.1) is 32.0 Å². The van der Waals surface area contributed by atoms with Gasteiger partial charge < -0.3 is 65.1 Å². The first-order valence-corrected chi connectivity index (χ1v) is 36.0. The van der Waals surface area contributed by atoms with Crippen molar-refractivity contribution in [2.45, 2.75) is 376 Å². The van der Waals surface area contributed by atoms with Crippen molar-refractivity contribution in [3.63, 3.8) is 0 Å². The molecule has 2 fully saturated rings. The molecule has 2 heterocycles. The molecule has 14 heteroatoms. The van der Waals surface area contributed by atoms with Gasteiger partial charge in [-0.1, -0.05) is 299 Å². The lowest BCUT2D eigenvalue weighted by molar-refractivity contribution is -0.359. The highest BCUT2D eigenvalue weighted by atomic mass is 16.7. The lowest BCUT2D eigenvalue weighted by atomic mass is 9.97. The number of aliphatic hydroxyl groups excluding tert-OH is 8. The number of hydrogen-bond acceptors (Lipinski definition) is 13. The Hall–Kier alpha value is -2.31. The predicted molar refractivity (Wildman–Crippen MR) is 355 cm³/mol. The molecule has 0 saturated carbocycles. The minimum absolute atomic E-state index is 0.203. The third-order valence-electron chi connectivity index (χ3n) is 17.5. The Morgan fingerprint density at radius 2 is 0.793 bits per heavy atom. The van der Waals surface area contributed by atoms with E-state index in [0.29, 0.717) is 12.8 Å². The third kappa shape index (κ3) is 41.7. The summed E-state index contributed by atoms with van der Waals surface area (Å²) in [6.07, 6.45) is 59.9. The van der Waals surface area contributed by atoms with E-state index in [4.69, 9.17) is 18.9 Å². The predicted octanol–water partition coefficient (Wildman–Crippen LogP) is 14.8. The van der Waals surface area contributed by atoms with Gasteiger partial charge in [-0.3, -0.25) is 4.79 Å². The normalized spacial score (nSPS) is 23.6. The van der Waals surface area contributed by atoms with Crippen LogP contribution in [-0.4, -0.2) is 140 Å². The van der Waals surface area contributed by atoms with Gasteiger partial charge in [-0.25, -0.2) is 0 Å². The molecule has 2 aliphatic heterocycles. The molecule has 0 radical (unpaired) electrons. The maximum atomic E-state index is 13.3. The fraction of sp³-hybridized carbons (Fsp3) is 0.849. The summed E-state index contributed by atoms with van der Waals surface area (Å²) in [6.45, 7) is 2.76. The van der Waals surface area contributed by atoms with Crippen molar-refractivity contribution < 1.29 is 64.6 Å². The van der Waals surface area contributed by atoms with Crippen molar-refractivity contribution in [3.05, 3.63) is 60.8 Å². The molecule has 2 saturated heterocycles. The molecule has 0 bridgehead atoms. The van der Waals surface area contributed by atoms with Crippen LogP contribution < -0.4 is 5.32 Å². The number of unbranched alkanes of at least 4 members (excludes halogenated alkanes) is 36. The summed E-state index contributed by atoms with van der Waals surface area (Å²) in [4.78, 5) is 13.3. The van der Waals surface area contributed by atoms with Gasteiger partial charge in [0.2, 0.25) is 5.91 Å². The van der Waals surface area contributed by atoms with Crippen molar-refractivity contribution in [2.24, 2.45) is 0 Å². The zero-order valence-electron chi connectivity index (χ0n) is 55.3. The SMILES string of the molecule is CC/C=C\C/C=C\C/C=C\C/C=C\C/C=C\CCCCCCCCCCCCCCCCCCCCCCCCCCCC(=O)NC(COC1OC(CO)C(OC2OC(CO)C(O)C(O)C2O)C(O)C1O)C(O)CCCCCCCCCCCCCC. The van der Waals surface area contributed by atoms with Crippen molar-refractivity contribution in [3.8, 4) is 0 Å². The number of rotatable bonds is 59.